The molecule has 41 heavy (non-hydrogen) atoms. The molecule has 0 radical (unpaired) electrons. The molecule has 1 aliphatic carbocycles. The van der Waals surface area contributed by atoms with E-state index in [1.54, 1.807) is 4.90 Å². The summed E-state index contributed by atoms with van der Waals surface area (Å²) >= 11 is 0. The second kappa shape index (κ2) is 11.8. The quantitative estimate of drug-likeness (QED) is 0.240. The number of allylic oxidation sites excluding steroid dienone is 1. The number of amides is 1. The Bertz CT molecular complexity index is 1560. The molecule has 0 saturated heterocycles. The van der Waals surface area contributed by atoms with E-state index in [-0.39, 0.29) is 17.6 Å². The number of nitrogens with zero attached hydrogens (tertiary/aromatic N) is 1. The molecule has 1 N–H and O–H groups in total. The summed E-state index contributed by atoms with van der Waals surface area (Å²) in [5.74, 6) is 0.791. The molecule has 5 heteroatoms. The largest absolute Gasteiger partial charge is 0.494 e. The van der Waals surface area contributed by atoms with E-state index in [0.29, 0.717) is 30.6 Å². The smallest absolute Gasteiger partial charge is 0.259 e. The molecule has 0 aromatic heterocycles. The molecule has 0 unspecified atom stereocenters. The fraction of sp³-hybridized carbons (Fsp3) is 0.222. The Morgan fingerprint density at radius 2 is 1.51 bits per heavy atom. The number of Topliss-reactive ketones (excluding diaryl/α,β-unsaturated/α-hetero) is 1. The van der Waals surface area contributed by atoms with Crippen molar-refractivity contribution in [2.24, 2.45) is 0 Å². The van der Waals surface area contributed by atoms with Crippen LogP contribution in [0.25, 0.3) is 0 Å². The first-order valence-electron chi connectivity index (χ1n) is 14.4. The van der Waals surface area contributed by atoms with Gasteiger partial charge in [-0.3, -0.25) is 14.5 Å². The van der Waals surface area contributed by atoms with Gasteiger partial charge in [-0.2, -0.15) is 0 Å². The lowest BCUT2D eigenvalue weighted by molar-refractivity contribution is -0.116. The van der Waals surface area contributed by atoms with E-state index >= 15 is 0 Å². The second-order valence-electron chi connectivity index (χ2n) is 10.7. The van der Waals surface area contributed by atoms with Crippen LogP contribution in [0.5, 0.6) is 5.75 Å². The third-order valence-corrected chi connectivity index (χ3v) is 7.96. The molecule has 0 bridgehead atoms. The number of carbonyl (C=O) groups excluding carboxylic acids is 2. The number of hydrogen-bond donors (Lipinski definition) is 1. The monoisotopic (exact) mass is 542 g/mol. The predicted molar refractivity (Wildman–Crippen MR) is 163 cm³/mol. The Hall–Kier alpha value is -4.64. The van der Waals surface area contributed by atoms with Crippen LogP contribution in [0.1, 0.15) is 66.1 Å². The van der Waals surface area contributed by atoms with Gasteiger partial charge in [0.15, 0.2) is 5.78 Å². The first-order valence-corrected chi connectivity index (χ1v) is 14.4. The average molecular weight is 543 g/mol. The number of anilines is 2. The highest BCUT2D eigenvalue weighted by Gasteiger charge is 2.41. The lowest BCUT2D eigenvalue weighted by Crippen LogP contribution is -2.38. The van der Waals surface area contributed by atoms with Crippen LogP contribution in [0.3, 0.4) is 0 Å². The van der Waals surface area contributed by atoms with Crippen LogP contribution in [-0.4, -0.2) is 18.3 Å². The molecular weight excluding hydrogens is 508 g/mol. The summed E-state index contributed by atoms with van der Waals surface area (Å²) in [5.41, 5.74) is 5.70. The first-order chi connectivity index (χ1) is 20.1. The maximum absolute atomic E-state index is 14.2. The van der Waals surface area contributed by atoms with Crippen LogP contribution in [0.4, 0.5) is 11.4 Å². The molecule has 5 nitrogen and oxygen atoms in total. The van der Waals surface area contributed by atoms with Gasteiger partial charge >= 0.3 is 0 Å². The number of para-hydroxylation sites is 2. The number of carbonyl (C=O) groups is 2. The number of nitrogens with one attached hydrogen (secondary N) is 1. The van der Waals surface area contributed by atoms with E-state index in [2.05, 4.69) is 24.4 Å². The van der Waals surface area contributed by atoms with Gasteiger partial charge in [-0.15, -0.1) is 0 Å². The minimum atomic E-state index is -0.558. The summed E-state index contributed by atoms with van der Waals surface area (Å²) in [6, 6.07) is 34.6. The van der Waals surface area contributed by atoms with Gasteiger partial charge in [0.25, 0.3) is 5.91 Å². The minimum absolute atomic E-state index is 0.0263. The molecule has 1 heterocycles. The molecule has 0 fully saturated rings. The van der Waals surface area contributed by atoms with Crippen LogP contribution in [0.2, 0.25) is 0 Å². The predicted octanol–water partition coefficient (Wildman–Crippen LogP) is 8.08. The Balaban J connectivity index is 1.43. The summed E-state index contributed by atoms with van der Waals surface area (Å²) in [6.45, 7) is 2.85. The van der Waals surface area contributed by atoms with Crippen molar-refractivity contribution in [3.05, 3.63) is 137 Å². The van der Waals surface area contributed by atoms with Gasteiger partial charge in [0.05, 0.1) is 24.0 Å². The maximum atomic E-state index is 14.2. The molecule has 206 valence electrons. The molecule has 2 aliphatic rings. The molecule has 2 atom stereocenters. The van der Waals surface area contributed by atoms with E-state index < -0.39 is 6.04 Å². The first kappa shape index (κ1) is 26.6. The Morgan fingerprint density at radius 1 is 0.829 bits per heavy atom. The van der Waals surface area contributed by atoms with Gasteiger partial charge in [0.2, 0.25) is 0 Å². The zero-order valence-corrected chi connectivity index (χ0v) is 23.3. The highest BCUT2D eigenvalue weighted by molar-refractivity contribution is 6.12. The Kier molecular flexibility index (Phi) is 7.68. The highest BCUT2D eigenvalue weighted by Crippen LogP contribution is 2.47. The van der Waals surface area contributed by atoms with Crippen molar-refractivity contribution >= 4 is 23.1 Å². The van der Waals surface area contributed by atoms with E-state index in [4.69, 9.17) is 4.74 Å². The van der Waals surface area contributed by atoms with Gasteiger partial charge < -0.3 is 10.1 Å². The Labute approximate surface area is 241 Å². The molecule has 0 spiro atoms. The number of ketones is 1. The maximum Gasteiger partial charge on any atom is 0.259 e. The van der Waals surface area contributed by atoms with E-state index in [0.717, 1.165) is 46.8 Å². The van der Waals surface area contributed by atoms with Gasteiger partial charge in [-0.25, -0.2) is 0 Å². The van der Waals surface area contributed by atoms with Gasteiger partial charge in [0.1, 0.15) is 5.75 Å². The van der Waals surface area contributed by atoms with Crippen molar-refractivity contribution in [2.45, 2.75) is 44.6 Å². The number of ether oxygens (including phenoxy) is 1. The van der Waals surface area contributed by atoms with Gasteiger partial charge in [-0.05, 0) is 66.3 Å². The molecular formula is C36H34N2O3. The lowest BCUT2D eigenvalue weighted by atomic mass is 9.78. The standard InChI is InChI=1S/C36H34N2O3/c1-2-3-22-41-29-20-18-25(19-21-29)28-23-31-34(33(39)24-28)35(26-12-6-4-7-13-26)38(32-17-11-10-16-30(32)37-31)36(40)27-14-8-5-9-15-27/h4-21,28,35,37H,2-3,22-24H2,1H3/t28-,35-/m0/s1. The molecule has 1 aliphatic heterocycles. The summed E-state index contributed by atoms with van der Waals surface area (Å²) in [5, 5.41) is 3.61. The summed E-state index contributed by atoms with van der Waals surface area (Å²) in [4.78, 5) is 30.2. The summed E-state index contributed by atoms with van der Waals surface area (Å²) in [6.07, 6.45) is 3.16. The summed E-state index contributed by atoms with van der Waals surface area (Å²) in [7, 11) is 0. The highest BCUT2D eigenvalue weighted by atomic mass is 16.5. The summed E-state index contributed by atoms with van der Waals surface area (Å²) < 4.78 is 5.86. The van der Waals surface area contributed by atoms with Crippen molar-refractivity contribution < 1.29 is 14.3 Å². The zero-order valence-electron chi connectivity index (χ0n) is 23.3. The van der Waals surface area contributed by atoms with Crippen molar-refractivity contribution in [1.82, 2.24) is 0 Å². The van der Waals surface area contributed by atoms with Crippen LogP contribution < -0.4 is 15.0 Å². The van der Waals surface area contributed by atoms with E-state index in [1.165, 1.54) is 0 Å². The number of hydrogen-bond acceptors (Lipinski definition) is 4. The van der Waals surface area contributed by atoms with Crippen molar-refractivity contribution in [2.75, 3.05) is 16.8 Å². The van der Waals surface area contributed by atoms with Crippen LogP contribution in [-0.2, 0) is 4.79 Å². The van der Waals surface area contributed by atoms with Gasteiger partial charge in [0, 0.05) is 23.3 Å². The van der Waals surface area contributed by atoms with Crippen molar-refractivity contribution in [1.29, 1.82) is 0 Å². The zero-order chi connectivity index (χ0) is 28.2. The van der Waals surface area contributed by atoms with Crippen LogP contribution in [0.15, 0.2) is 120 Å². The third-order valence-electron chi connectivity index (χ3n) is 7.96. The molecule has 4 aromatic carbocycles. The van der Waals surface area contributed by atoms with Gasteiger partial charge in [-0.1, -0.05) is 86.1 Å². The number of rotatable bonds is 7. The molecule has 4 aromatic rings. The molecule has 6 rings (SSSR count). The lowest BCUT2D eigenvalue weighted by Gasteiger charge is -2.35. The fourth-order valence-corrected chi connectivity index (χ4v) is 5.89. The second-order valence-corrected chi connectivity index (χ2v) is 10.7. The minimum Gasteiger partial charge on any atom is -0.494 e. The topological polar surface area (TPSA) is 58.6 Å². The number of unbranched alkanes of at least 4 members (excludes halogenated alkanes) is 1. The number of benzene rings is 4. The SMILES string of the molecule is CCCCOc1ccc([C@@H]2CC(=O)C3=C(C2)Nc2ccccc2N(C(=O)c2ccccc2)[C@H]3c2ccccc2)cc1. The third kappa shape index (κ3) is 5.40. The van der Waals surface area contributed by atoms with Crippen LogP contribution >= 0.6 is 0 Å². The fourth-order valence-electron chi connectivity index (χ4n) is 5.89. The molecule has 0 saturated carbocycles. The molecule has 1 amide bonds. The van der Waals surface area contributed by atoms with Crippen molar-refractivity contribution in [3.63, 3.8) is 0 Å². The van der Waals surface area contributed by atoms with E-state index in [9.17, 15) is 9.59 Å². The van der Waals surface area contributed by atoms with E-state index in [1.807, 2.05) is 97.1 Å². The average Bonchev–Trinajstić information content (AvgIpc) is 3.17. The Morgan fingerprint density at radius 3 is 2.24 bits per heavy atom. The van der Waals surface area contributed by atoms with Crippen LogP contribution in [0, 0.1) is 0 Å². The van der Waals surface area contributed by atoms with Crippen molar-refractivity contribution in [3.8, 4) is 5.75 Å². The normalized spacial score (nSPS) is 18.2. The number of fused-ring (bicyclic) bond motifs is 1.